The van der Waals surface area contributed by atoms with Crippen molar-refractivity contribution in [2.45, 2.75) is 13.3 Å². The molecule has 1 aromatic rings. The smallest absolute Gasteiger partial charge is 0.118 e. The van der Waals surface area contributed by atoms with Crippen LogP contribution in [-0.4, -0.2) is 25.6 Å². The highest BCUT2D eigenvalue weighted by atomic mass is 16.5. The second-order valence-electron chi connectivity index (χ2n) is 5.50. The van der Waals surface area contributed by atoms with Gasteiger partial charge in [-0.15, -0.1) is 0 Å². The van der Waals surface area contributed by atoms with E-state index in [-0.39, 0.29) is 11.8 Å². The van der Waals surface area contributed by atoms with Gasteiger partial charge in [0.05, 0.1) is 19.9 Å². The summed E-state index contributed by atoms with van der Waals surface area (Å²) in [5.41, 5.74) is 3.15. The molecule has 0 fully saturated rings. The Morgan fingerprint density at radius 1 is 1.05 bits per heavy atom. The maximum absolute atomic E-state index is 5.40. The third-order valence-electron chi connectivity index (χ3n) is 4.22. The van der Waals surface area contributed by atoms with Gasteiger partial charge >= 0.3 is 0 Å². The van der Waals surface area contributed by atoms with Crippen LogP contribution in [0.2, 0.25) is 0 Å². The Bertz CT molecular complexity index is 669. The van der Waals surface area contributed by atoms with Crippen LogP contribution in [0.1, 0.15) is 18.9 Å². The Kier molecular flexibility index (Phi) is 4.09. The summed E-state index contributed by atoms with van der Waals surface area (Å²) in [5.74, 6) is 2.24. The highest BCUT2D eigenvalue weighted by Crippen LogP contribution is 2.32. The van der Waals surface area contributed by atoms with E-state index in [1.807, 2.05) is 37.3 Å². The Morgan fingerprint density at radius 3 is 2.50 bits per heavy atom. The van der Waals surface area contributed by atoms with Crippen molar-refractivity contribution in [1.82, 2.24) is 0 Å². The summed E-state index contributed by atoms with van der Waals surface area (Å²) in [6, 6.07) is 8.00. The molecule has 0 N–H and O–H groups in total. The zero-order valence-corrected chi connectivity index (χ0v) is 13.1. The molecule has 0 aromatic heterocycles. The number of nitrogens with zero attached hydrogens (tertiary/aromatic N) is 2. The number of rotatable bonds is 3. The summed E-state index contributed by atoms with van der Waals surface area (Å²) in [4.78, 5) is 0. The van der Waals surface area contributed by atoms with Crippen LogP contribution in [0.4, 0.5) is 0 Å². The maximum atomic E-state index is 5.40. The first-order chi connectivity index (χ1) is 10.7. The van der Waals surface area contributed by atoms with Crippen LogP contribution in [0.25, 0.3) is 0 Å². The van der Waals surface area contributed by atoms with Crippen LogP contribution in [0, 0.1) is 11.8 Å². The molecular weight excluding hydrogens is 276 g/mol. The van der Waals surface area contributed by atoms with Crippen LogP contribution >= 0.6 is 0 Å². The zero-order valence-electron chi connectivity index (χ0n) is 13.1. The number of methoxy groups -OCH3 is 2. The highest BCUT2D eigenvalue weighted by molar-refractivity contribution is 6.07. The van der Waals surface area contributed by atoms with Gasteiger partial charge in [0, 0.05) is 17.5 Å². The van der Waals surface area contributed by atoms with Crippen molar-refractivity contribution >= 4 is 11.4 Å². The summed E-state index contributed by atoms with van der Waals surface area (Å²) in [6.07, 6.45) is 7.24. The van der Waals surface area contributed by atoms with Gasteiger partial charge in [-0.05, 0) is 55.3 Å². The fourth-order valence-corrected chi connectivity index (χ4v) is 2.96. The van der Waals surface area contributed by atoms with Crippen molar-refractivity contribution < 1.29 is 9.47 Å². The fraction of sp³-hybridized carbons (Fsp3) is 0.333. The number of fused-ring (bicyclic) bond motifs is 1. The molecule has 0 radical (unpaired) electrons. The molecule has 1 aliphatic carbocycles. The molecule has 2 atom stereocenters. The number of allylic oxidation sites excluding steroid dienone is 3. The molecule has 0 amide bonds. The van der Waals surface area contributed by atoms with Crippen molar-refractivity contribution in [3.05, 3.63) is 53.8 Å². The predicted octanol–water partition coefficient (Wildman–Crippen LogP) is 3.60. The van der Waals surface area contributed by atoms with E-state index in [4.69, 9.17) is 9.47 Å². The molecule has 0 saturated heterocycles. The Labute approximate surface area is 130 Å². The van der Waals surface area contributed by atoms with Gasteiger partial charge in [-0.3, -0.25) is 0 Å². The monoisotopic (exact) mass is 296 g/mol. The predicted molar refractivity (Wildman–Crippen MR) is 88.5 cm³/mol. The van der Waals surface area contributed by atoms with E-state index in [0.29, 0.717) is 0 Å². The van der Waals surface area contributed by atoms with Gasteiger partial charge in [-0.1, -0.05) is 6.08 Å². The van der Waals surface area contributed by atoms with Gasteiger partial charge in [0.1, 0.15) is 11.5 Å². The molecular formula is C18H20N2O2. The number of ether oxygens (including phenoxy) is 2. The molecule has 2 unspecified atom stereocenters. The minimum absolute atomic E-state index is 0.222. The van der Waals surface area contributed by atoms with Crippen LogP contribution in [0.3, 0.4) is 0 Å². The number of hydrogen-bond acceptors (Lipinski definition) is 4. The highest BCUT2D eigenvalue weighted by Gasteiger charge is 2.31. The molecule has 1 aliphatic heterocycles. The first-order valence-electron chi connectivity index (χ1n) is 7.41. The third kappa shape index (κ3) is 2.69. The summed E-state index contributed by atoms with van der Waals surface area (Å²) >= 11 is 0. The van der Waals surface area contributed by atoms with E-state index in [1.165, 1.54) is 0 Å². The molecule has 0 saturated carbocycles. The zero-order chi connectivity index (χ0) is 15.5. The number of benzene rings is 1. The largest absolute Gasteiger partial charge is 0.497 e. The van der Waals surface area contributed by atoms with E-state index in [9.17, 15) is 0 Å². The topological polar surface area (TPSA) is 43.2 Å². The van der Waals surface area contributed by atoms with E-state index < -0.39 is 0 Å². The molecule has 4 heteroatoms. The van der Waals surface area contributed by atoms with Crippen molar-refractivity contribution in [1.29, 1.82) is 0 Å². The standard InChI is InChI=1S/C18H20N2O2/c1-12-17-11-15(22-3)5-4-6-16(17)18(20-19-12)13-7-9-14(21-2)10-8-13/h4-5,7-11,16-17H,6H2,1-3H3. The second-order valence-corrected chi connectivity index (χ2v) is 5.50. The summed E-state index contributed by atoms with van der Waals surface area (Å²) in [6.45, 7) is 2.03. The van der Waals surface area contributed by atoms with Gasteiger partial charge in [0.25, 0.3) is 0 Å². The molecule has 1 aromatic carbocycles. The van der Waals surface area contributed by atoms with Crippen molar-refractivity contribution in [2.75, 3.05) is 14.2 Å². The minimum atomic E-state index is 0.222. The molecule has 0 spiro atoms. The lowest BCUT2D eigenvalue weighted by Gasteiger charge is -2.27. The third-order valence-corrected chi connectivity index (χ3v) is 4.22. The van der Waals surface area contributed by atoms with Crippen molar-refractivity contribution in [3.8, 4) is 5.75 Å². The van der Waals surface area contributed by atoms with Crippen molar-refractivity contribution in [3.63, 3.8) is 0 Å². The normalized spacial score (nSPS) is 23.7. The Balaban J connectivity index is 1.98. The average molecular weight is 296 g/mol. The van der Waals surface area contributed by atoms with Crippen LogP contribution < -0.4 is 4.74 Å². The first-order valence-corrected chi connectivity index (χ1v) is 7.41. The van der Waals surface area contributed by atoms with Crippen LogP contribution in [0.15, 0.2) is 58.5 Å². The molecule has 2 aliphatic rings. The molecule has 0 bridgehead atoms. The van der Waals surface area contributed by atoms with Gasteiger partial charge in [0.15, 0.2) is 0 Å². The maximum Gasteiger partial charge on any atom is 0.118 e. The second kappa shape index (κ2) is 6.18. The molecule has 114 valence electrons. The minimum Gasteiger partial charge on any atom is -0.497 e. The fourth-order valence-electron chi connectivity index (χ4n) is 2.96. The Hall–Kier alpha value is -2.36. The average Bonchev–Trinajstić information content (AvgIpc) is 2.78. The lowest BCUT2D eigenvalue weighted by molar-refractivity contribution is 0.304. The first kappa shape index (κ1) is 14.6. The van der Waals surface area contributed by atoms with E-state index in [2.05, 4.69) is 22.4 Å². The van der Waals surface area contributed by atoms with Gasteiger partial charge in [0.2, 0.25) is 0 Å². The van der Waals surface area contributed by atoms with E-state index in [0.717, 1.165) is 34.9 Å². The molecule has 1 heterocycles. The summed E-state index contributed by atoms with van der Waals surface area (Å²) in [7, 11) is 3.37. The molecule has 22 heavy (non-hydrogen) atoms. The van der Waals surface area contributed by atoms with E-state index in [1.54, 1.807) is 14.2 Å². The van der Waals surface area contributed by atoms with Crippen molar-refractivity contribution in [2.24, 2.45) is 22.0 Å². The lowest BCUT2D eigenvalue weighted by atomic mass is 9.80. The van der Waals surface area contributed by atoms with Crippen LogP contribution in [-0.2, 0) is 4.74 Å². The van der Waals surface area contributed by atoms with Gasteiger partial charge < -0.3 is 9.47 Å². The summed E-state index contributed by atoms with van der Waals surface area (Å²) in [5, 5.41) is 8.84. The summed E-state index contributed by atoms with van der Waals surface area (Å²) < 4.78 is 10.6. The van der Waals surface area contributed by atoms with Gasteiger partial charge in [-0.2, -0.15) is 10.2 Å². The molecule has 4 nitrogen and oxygen atoms in total. The van der Waals surface area contributed by atoms with E-state index >= 15 is 0 Å². The Morgan fingerprint density at radius 2 is 1.82 bits per heavy atom. The number of hydrogen-bond donors (Lipinski definition) is 0. The quantitative estimate of drug-likeness (QED) is 0.855. The molecule has 3 rings (SSSR count). The van der Waals surface area contributed by atoms with Gasteiger partial charge in [-0.25, -0.2) is 0 Å². The SMILES string of the molecule is COC1=CC2C(C)=NN=C(c3ccc(OC)cc3)C2CC=C1. The van der Waals surface area contributed by atoms with Crippen LogP contribution in [0.5, 0.6) is 5.75 Å². The lowest BCUT2D eigenvalue weighted by Crippen LogP contribution is -2.30.